The highest BCUT2D eigenvalue weighted by molar-refractivity contribution is 7.86. The van der Waals surface area contributed by atoms with E-state index in [1.165, 1.54) is 0 Å². The molecule has 1 rings (SSSR count). The van der Waals surface area contributed by atoms with E-state index in [2.05, 4.69) is 0 Å². The van der Waals surface area contributed by atoms with Gasteiger partial charge in [0.15, 0.2) is 0 Å². The van der Waals surface area contributed by atoms with E-state index in [0.29, 0.717) is 0 Å². The van der Waals surface area contributed by atoms with Gasteiger partial charge in [-0.2, -0.15) is 0 Å². The van der Waals surface area contributed by atoms with Crippen molar-refractivity contribution in [3.8, 4) is 0 Å². The molecule has 0 aliphatic rings. The minimum absolute atomic E-state index is 0.594. The van der Waals surface area contributed by atoms with Gasteiger partial charge in [-0.25, -0.2) is 0 Å². The highest BCUT2D eigenvalue weighted by atomic mass is 32.2. The van der Waals surface area contributed by atoms with Crippen LogP contribution in [0, 0.1) is 0 Å². The van der Waals surface area contributed by atoms with Crippen LogP contribution in [-0.4, -0.2) is 20.2 Å². The predicted molar refractivity (Wildman–Crippen MR) is 58.6 cm³/mol. The zero-order valence-electron chi connectivity index (χ0n) is 8.73. The van der Waals surface area contributed by atoms with Gasteiger partial charge in [-0.1, -0.05) is 18.2 Å². The smallest absolute Gasteiger partial charge is 0.0705 e. The first kappa shape index (κ1) is 11.4. The molecule has 2 nitrogen and oxygen atoms in total. The standard InChI is InChI=1S/C11H16O2S/c1-9(12)11(2,3)14(13)10-7-5-4-6-8-10/h4-9,12H,1-3H3/t9-,14?/m0/s1. The van der Waals surface area contributed by atoms with Gasteiger partial charge in [0.2, 0.25) is 0 Å². The summed E-state index contributed by atoms with van der Waals surface area (Å²) in [5.74, 6) is 0. The Morgan fingerprint density at radius 3 is 2.21 bits per heavy atom. The lowest BCUT2D eigenvalue weighted by Crippen LogP contribution is -2.38. The highest BCUT2D eigenvalue weighted by Crippen LogP contribution is 2.23. The monoisotopic (exact) mass is 212 g/mol. The third-order valence-corrected chi connectivity index (χ3v) is 4.44. The summed E-state index contributed by atoms with van der Waals surface area (Å²) < 4.78 is 11.4. The van der Waals surface area contributed by atoms with E-state index >= 15 is 0 Å². The van der Waals surface area contributed by atoms with Crippen molar-refractivity contribution in [3.63, 3.8) is 0 Å². The Morgan fingerprint density at radius 1 is 1.29 bits per heavy atom. The maximum Gasteiger partial charge on any atom is 0.0705 e. The zero-order valence-corrected chi connectivity index (χ0v) is 9.54. The molecule has 0 aliphatic carbocycles. The number of aliphatic hydroxyl groups is 1. The number of hydrogen-bond donors (Lipinski definition) is 1. The second-order valence-corrected chi connectivity index (χ2v) is 5.92. The second-order valence-electron chi connectivity index (χ2n) is 3.86. The van der Waals surface area contributed by atoms with Crippen molar-refractivity contribution in [3.05, 3.63) is 30.3 Å². The Kier molecular flexibility index (Phi) is 3.45. The van der Waals surface area contributed by atoms with Crippen molar-refractivity contribution in [1.29, 1.82) is 0 Å². The number of rotatable bonds is 3. The quantitative estimate of drug-likeness (QED) is 0.831. The fraction of sp³-hybridized carbons (Fsp3) is 0.455. The summed E-state index contributed by atoms with van der Waals surface area (Å²) in [6.07, 6.45) is -0.594. The molecule has 1 aromatic carbocycles. The van der Waals surface area contributed by atoms with E-state index in [1.807, 2.05) is 30.3 Å². The summed E-state index contributed by atoms with van der Waals surface area (Å²) in [4.78, 5) is 0.762. The number of benzene rings is 1. The molecule has 14 heavy (non-hydrogen) atoms. The molecule has 0 amide bonds. The number of hydrogen-bond acceptors (Lipinski definition) is 2. The van der Waals surface area contributed by atoms with Gasteiger partial charge >= 0.3 is 0 Å². The third kappa shape index (κ3) is 2.22. The van der Waals surface area contributed by atoms with Gasteiger partial charge in [0.1, 0.15) is 0 Å². The van der Waals surface area contributed by atoms with E-state index < -0.39 is 21.7 Å². The Hall–Kier alpha value is -0.670. The van der Waals surface area contributed by atoms with Crippen molar-refractivity contribution in [2.45, 2.75) is 36.5 Å². The summed E-state index contributed by atoms with van der Waals surface area (Å²) >= 11 is 0. The highest BCUT2D eigenvalue weighted by Gasteiger charge is 2.32. The van der Waals surface area contributed by atoms with Gasteiger partial charge in [0, 0.05) is 4.90 Å². The van der Waals surface area contributed by atoms with Crippen LogP contribution in [0.3, 0.4) is 0 Å². The fourth-order valence-electron chi connectivity index (χ4n) is 1.00. The summed E-state index contributed by atoms with van der Waals surface area (Å²) in [5, 5.41) is 9.52. The third-order valence-electron chi connectivity index (χ3n) is 2.44. The van der Waals surface area contributed by atoms with Crippen molar-refractivity contribution in [2.24, 2.45) is 0 Å². The van der Waals surface area contributed by atoms with Crippen LogP contribution >= 0.6 is 0 Å². The number of aliphatic hydroxyl groups excluding tert-OH is 1. The van der Waals surface area contributed by atoms with E-state index in [0.717, 1.165) is 4.90 Å². The van der Waals surface area contributed by atoms with Crippen LogP contribution in [0.1, 0.15) is 20.8 Å². The maximum absolute atomic E-state index is 12.1. The van der Waals surface area contributed by atoms with Crippen LogP contribution in [0.2, 0.25) is 0 Å². The Morgan fingerprint density at radius 2 is 1.79 bits per heavy atom. The first-order valence-electron chi connectivity index (χ1n) is 4.61. The normalized spacial score (nSPS) is 16.3. The van der Waals surface area contributed by atoms with E-state index in [9.17, 15) is 9.32 Å². The molecule has 0 saturated heterocycles. The second kappa shape index (κ2) is 4.24. The summed E-state index contributed by atoms with van der Waals surface area (Å²) in [6, 6.07) is 9.23. The van der Waals surface area contributed by atoms with Gasteiger partial charge in [-0.05, 0) is 32.9 Å². The molecule has 0 aromatic heterocycles. The van der Waals surface area contributed by atoms with Gasteiger partial charge in [0.05, 0.1) is 21.7 Å². The van der Waals surface area contributed by atoms with Crippen LogP contribution < -0.4 is 0 Å². The van der Waals surface area contributed by atoms with Crippen LogP contribution in [0.25, 0.3) is 0 Å². The molecule has 2 atom stereocenters. The van der Waals surface area contributed by atoms with E-state index in [-0.39, 0.29) is 0 Å². The Labute approximate surface area is 87.4 Å². The first-order valence-corrected chi connectivity index (χ1v) is 5.76. The Bertz CT molecular complexity index is 317. The maximum atomic E-state index is 12.1. The molecule has 78 valence electrons. The fourth-order valence-corrected chi connectivity index (χ4v) is 2.32. The van der Waals surface area contributed by atoms with Gasteiger partial charge in [-0.3, -0.25) is 4.21 Å². The average molecular weight is 212 g/mol. The molecule has 0 bridgehead atoms. The molecule has 1 aromatic rings. The van der Waals surface area contributed by atoms with Crippen LogP contribution in [-0.2, 0) is 10.8 Å². The van der Waals surface area contributed by atoms with Gasteiger partial charge in [-0.15, -0.1) is 0 Å². The first-order chi connectivity index (χ1) is 6.46. The van der Waals surface area contributed by atoms with Crippen LogP contribution in [0.4, 0.5) is 0 Å². The SMILES string of the molecule is C[C@H](O)C(C)(C)S(=O)c1ccccc1. The molecule has 0 saturated carbocycles. The van der Waals surface area contributed by atoms with E-state index in [1.54, 1.807) is 20.8 Å². The van der Waals surface area contributed by atoms with Gasteiger partial charge in [0.25, 0.3) is 0 Å². The molecule has 3 heteroatoms. The molecular weight excluding hydrogens is 196 g/mol. The minimum Gasteiger partial charge on any atom is -0.392 e. The van der Waals surface area contributed by atoms with Gasteiger partial charge < -0.3 is 5.11 Å². The lowest BCUT2D eigenvalue weighted by atomic mass is 10.1. The summed E-state index contributed by atoms with van der Waals surface area (Å²) in [5.41, 5.74) is 0. The lowest BCUT2D eigenvalue weighted by Gasteiger charge is -2.26. The summed E-state index contributed by atoms with van der Waals surface area (Å²) in [7, 11) is -1.17. The molecule has 0 radical (unpaired) electrons. The molecule has 1 N–H and O–H groups in total. The Balaban J connectivity index is 2.97. The van der Waals surface area contributed by atoms with Crippen LogP contribution in [0.15, 0.2) is 35.2 Å². The van der Waals surface area contributed by atoms with Crippen molar-refractivity contribution in [2.75, 3.05) is 0 Å². The molecule has 0 fully saturated rings. The summed E-state index contributed by atoms with van der Waals surface area (Å²) in [6.45, 7) is 5.28. The topological polar surface area (TPSA) is 37.3 Å². The molecule has 0 spiro atoms. The van der Waals surface area contributed by atoms with Crippen molar-refractivity contribution >= 4 is 10.8 Å². The molecular formula is C11H16O2S. The molecule has 0 heterocycles. The largest absolute Gasteiger partial charge is 0.392 e. The van der Waals surface area contributed by atoms with Crippen LogP contribution in [0.5, 0.6) is 0 Å². The van der Waals surface area contributed by atoms with Crippen molar-refractivity contribution in [1.82, 2.24) is 0 Å². The molecule has 0 aliphatic heterocycles. The zero-order chi connectivity index (χ0) is 10.8. The minimum atomic E-state index is -1.17. The predicted octanol–water partition coefficient (Wildman–Crippen LogP) is 1.95. The molecule has 1 unspecified atom stereocenters. The van der Waals surface area contributed by atoms with Crippen molar-refractivity contribution < 1.29 is 9.32 Å². The van der Waals surface area contributed by atoms with E-state index in [4.69, 9.17) is 0 Å². The lowest BCUT2D eigenvalue weighted by molar-refractivity contribution is 0.159. The average Bonchev–Trinajstić information content (AvgIpc) is 2.17.